The van der Waals surface area contributed by atoms with Crippen LogP contribution in [0.2, 0.25) is 0 Å². The molecule has 6 heteroatoms. The van der Waals surface area contributed by atoms with Gasteiger partial charge in [0.25, 0.3) is 0 Å². The highest BCUT2D eigenvalue weighted by Gasteiger charge is 2.13. The average molecular weight is 299 g/mol. The fraction of sp³-hybridized carbons (Fsp3) is 0.250. The van der Waals surface area contributed by atoms with Gasteiger partial charge in [-0.3, -0.25) is 9.78 Å². The Hall–Kier alpha value is -2.60. The summed E-state index contributed by atoms with van der Waals surface area (Å²) in [7, 11) is 0. The fourth-order valence-corrected chi connectivity index (χ4v) is 2.13. The van der Waals surface area contributed by atoms with Gasteiger partial charge in [-0.05, 0) is 29.8 Å². The molecular weight excluding hydrogens is 282 g/mol. The molecule has 0 saturated carbocycles. The maximum Gasteiger partial charge on any atom is 0.231 e. The molecule has 1 aromatic heterocycles. The molecule has 114 valence electrons. The average Bonchev–Trinajstić information content (AvgIpc) is 3.00. The smallest absolute Gasteiger partial charge is 0.231 e. The van der Waals surface area contributed by atoms with Gasteiger partial charge >= 0.3 is 0 Å². The van der Waals surface area contributed by atoms with Crippen molar-refractivity contribution in [1.82, 2.24) is 10.3 Å². The molecule has 22 heavy (non-hydrogen) atoms. The van der Waals surface area contributed by atoms with Gasteiger partial charge in [-0.1, -0.05) is 0 Å². The molecule has 2 heterocycles. The number of aromatic nitrogens is 1. The highest BCUT2D eigenvalue weighted by atomic mass is 16.7. The van der Waals surface area contributed by atoms with Gasteiger partial charge in [-0.2, -0.15) is 0 Å². The van der Waals surface area contributed by atoms with Crippen LogP contribution in [0.1, 0.15) is 12.0 Å². The van der Waals surface area contributed by atoms with E-state index >= 15 is 0 Å². The molecule has 1 amide bonds. The molecule has 0 bridgehead atoms. The number of nitrogens with zero attached hydrogens (tertiary/aromatic N) is 1. The molecule has 0 spiro atoms. The molecule has 0 atom stereocenters. The van der Waals surface area contributed by atoms with E-state index in [4.69, 9.17) is 9.47 Å². The summed E-state index contributed by atoms with van der Waals surface area (Å²) in [6.45, 7) is 1.56. The van der Waals surface area contributed by atoms with Gasteiger partial charge in [-0.25, -0.2) is 0 Å². The van der Waals surface area contributed by atoms with Crippen LogP contribution >= 0.6 is 0 Å². The van der Waals surface area contributed by atoms with Crippen molar-refractivity contribution in [3.63, 3.8) is 0 Å². The predicted molar refractivity (Wildman–Crippen MR) is 81.8 cm³/mol. The summed E-state index contributed by atoms with van der Waals surface area (Å²) < 4.78 is 10.5. The van der Waals surface area contributed by atoms with E-state index in [1.54, 1.807) is 30.6 Å². The Morgan fingerprint density at radius 3 is 2.82 bits per heavy atom. The van der Waals surface area contributed by atoms with Gasteiger partial charge < -0.3 is 20.1 Å². The standard InChI is InChI=1S/C16H17N3O3/c20-16(5-8-18-10-12-3-6-17-7-4-12)19-13-1-2-14-15(9-13)22-11-21-14/h1-4,6-7,9,18H,5,8,10-11H2,(H,19,20). The third-order valence-electron chi connectivity index (χ3n) is 3.26. The van der Waals surface area contributed by atoms with Crippen molar-refractivity contribution in [3.8, 4) is 11.5 Å². The second-order valence-corrected chi connectivity index (χ2v) is 4.90. The number of ether oxygens (including phenoxy) is 2. The molecule has 2 N–H and O–H groups in total. The summed E-state index contributed by atoms with van der Waals surface area (Å²) in [5.41, 5.74) is 1.86. The maximum atomic E-state index is 11.9. The normalized spacial score (nSPS) is 12.2. The SMILES string of the molecule is O=C(CCNCc1ccncc1)Nc1ccc2c(c1)OCO2. The Morgan fingerprint density at radius 2 is 1.95 bits per heavy atom. The number of hydrogen-bond acceptors (Lipinski definition) is 5. The third-order valence-corrected chi connectivity index (χ3v) is 3.26. The zero-order valence-corrected chi connectivity index (χ0v) is 12.0. The number of rotatable bonds is 6. The van der Waals surface area contributed by atoms with Crippen LogP contribution < -0.4 is 20.1 Å². The van der Waals surface area contributed by atoms with Crippen molar-refractivity contribution in [2.75, 3.05) is 18.7 Å². The Balaban J connectivity index is 1.41. The molecule has 0 unspecified atom stereocenters. The summed E-state index contributed by atoms with van der Waals surface area (Å²) in [6.07, 6.45) is 3.91. The molecule has 0 fully saturated rings. The molecule has 0 radical (unpaired) electrons. The van der Waals surface area contributed by atoms with Crippen molar-refractivity contribution in [2.24, 2.45) is 0 Å². The summed E-state index contributed by atoms with van der Waals surface area (Å²) in [5.74, 6) is 1.33. The lowest BCUT2D eigenvalue weighted by molar-refractivity contribution is -0.116. The van der Waals surface area contributed by atoms with Gasteiger partial charge in [0.2, 0.25) is 12.7 Å². The zero-order valence-electron chi connectivity index (χ0n) is 12.0. The van der Waals surface area contributed by atoms with Crippen LogP contribution in [0.25, 0.3) is 0 Å². The summed E-state index contributed by atoms with van der Waals surface area (Å²) in [6, 6.07) is 9.25. The molecule has 1 aromatic carbocycles. The number of carbonyl (C=O) groups is 1. The van der Waals surface area contributed by atoms with Gasteiger partial charge in [0.1, 0.15) is 0 Å². The zero-order chi connectivity index (χ0) is 15.2. The van der Waals surface area contributed by atoms with Gasteiger partial charge in [-0.15, -0.1) is 0 Å². The minimum atomic E-state index is -0.0407. The highest BCUT2D eigenvalue weighted by Crippen LogP contribution is 2.34. The monoisotopic (exact) mass is 299 g/mol. The molecule has 2 aromatic rings. The van der Waals surface area contributed by atoms with Crippen LogP contribution in [0.4, 0.5) is 5.69 Å². The summed E-state index contributed by atoms with van der Waals surface area (Å²) >= 11 is 0. The van der Waals surface area contributed by atoms with E-state index in [0.717, 1.165) is 12.1 Å². The molecule has 6 nitrogen and oxygen atoms in total. The molecule has 0 aliphatic carbocycles. The molecule has 0 saturated heterocycles. The van der Waals surface area contributed by atoms with Crippen molar-refractivity contribution < 1.29 is 14.3 Å². The third kappa shape index (κ3) is 3.73. The Kier molecular flexibility index (Phi) is 4.50. The molecular formula is C16H17N3O3. The first-order chi connectivity index (χ1) is 10.8. The van der Waals surface area contributed by atoms with E-state index in [0.29, 0.717) is 30.2 Å². The fourth-order valence-electron chi connectivity index (χ4n) is 2.13. The van der Waals surface area contributed by atoms with Crippen molar-refractivity contribution in [3.05, 3.63) is 48.3 Å². The van der Waals surface area contributed by atoms with Gasteiger partial charge in [0, 0.05) is 43.7 Å². The number of hydrogen-bond donors (Lipinski definition) is 2. The van der Waals surface area contributed by atoms with E-state index in [2.05, 4.69) is 15.6 Å². The van der Waals surface area contributed by atoms with Crippen molar-refractivity contribution in [1.29, 1.82) is 0 Å². The van der Waals surface area contributed by atoms with Crippen LogP contribution in [-0.4, -0.2) is 24.2 Å². The lowest BCUT2D eigenvalue weighted by Gasteiger charge is -2.07. The highest BCUT2D eigenvalue weighted by molar-refractivity contribution is 5.91. The van der Waals surface area contributed by atoms with Crippen LogP contribution in [0, 0.1) is 0 Å². The largest absolute Gasteiger partial charge is 0.454 e. The lowest BCUT2D eigenvalue weighted by Crippen LogP contribution is -2.21. The minimum Gasteiger partial charge on any atom is -0.454 e. The van der Waals surface area contributed by atoms with Crippen molar-refractivity contribution in [2.45, 2.75) is 13.0 Å². The van der Waals surface area contributed by atoms with Crippen molar-refractivity contribution >= 4 is 11.6 Å². The molecule has 1 aliphatic heterocycles. The molecule has 1 aliphatic rings. The number of anilines is 1. The summed E-state index contributed by atoms with van der Waals surface area (Å²) in [4.78, 5) is 15.9. The first-order valence-corrected chi connectivity index (χ1v) is 7.10. The van der Waals surface area contributed by atoms with E-state index in [1.165, 1.54) is 0 Å². The number of nitrogens with one attached hydrogen (secondary N) is 2. The topological polar surface area (TPSA) is 72.5 Å². The number of amides is 1. The first-order valence-electron chi connectivity index (χ1n) is 7.10. The maximum absolute atomic E-state index is 11.9. The van der Waals surface area contributed by atoms with Crippen LogP contribution in [0.3, 0.4) is 0 Å². The van der Waals surface area contributed by atoms with Gasteiger partial charge in [0.05, 0.1) is 0 Å². The Bertz CT molecular complexity index is 646. The van der Waals surface area contributed by atoms with Crippen LogP contribution in [-0.2, 0) is 11.3 Å². The van der Waals surface area contributed by atoms with E-state index in [9.17, 15) is 4.79 Å². The Labute approximate surface area is 128 Å². The van der Waals surface area contributed by atoms with E-state index < -0.39 is 0 Å². The van der Waals surface area contributed by atoms with E-state index in [-0.39, 0.29) is 12.7 Å². The second kappa shape index (κ2) is 6.91. The Morgan fingerprint density at radius 1 is 1.14 bits per heavy atom. The number of carbonyl (C=O) groups excluding carboxylic acids is 1. The first kappa shape index (κ1) is 14.3. The number of pyridine rings is 1. The van der Waals surface area contributed by atoms with Crippen LogP contribution in [0.5, 0.6) is 11.5 Å². The number of fused-ring (bicyclic) bond motifs is 1. The number of benzene rings is 1. The predicted octanol–water partition coefficient (Wildman–Crippen LogP) is 1.93. The second-order valence-electron chi connectivity index (χ2n) is 4.90. The lowest BCUT2D eigenvalue weighted by atomic mass is 10.2. The van der Waals surface area contributed by atoms with E-state index in [1.807, 2.05) is 12.1 Å². The summed E-state index contributed by atoms with van der Waals surface area (Å²) in [5, 5.41) is 6.07. The quantitative estimate of drug-likeness (QED) is 0.797. The minimum absolute atomic E-state index is 0.0407. The van der Waals surface area contributed by atoms with Crippen LogP contribution in [0.15, 0.2) is 42.7 Å². The van der Waals surface area contributed by atoms with Gasteiger partial charge in [0.15, 0.2) is 11.5 Å². The molecule has 3 rings (SSSR count).